The van der Waals surface area contributed by atoms with Crippen LogP contribution in [0.3, 0.4) is 0 Å². The SMILES string of the molecule is c1ccc(OCC2CCCC2)nc1. The quantitative estimate of drug-likeness (QED) is 0.708. The van der Waals surface area contributed by atoms with Crippen LogP contribution in [-0.2, 0) is 0 Å². The molecule has 0 N–H and O–H groups in total. The van der Waals surface area contributed by atoms with Gasteiger partial charge in [0.15, 0.2) is 0 Å². The zero-order valence-corrected chi connectivity index (χ0v) is 7.78. The first-order chi connectivity index (χ1) is 6.45. The summed E-state index contributed by atoms with van der Waals surface area (Å²) in [5.74, 6) is 1.52. The highest BCUT2D eigenvalue weighted by molar-refractivity contribution is 5.09. The molecule has 0 amide bonds. The highest BCUT2D eigenvalue weighted by Crippen LogP contribution is 2.24. The molecule has 13 heavy (non-hydrogen) atoms. The average Bonchev–Trinajstić information content (AvgIpc) is 2.69. The smallest absolute Gasteiger partial charge is 0.213 e. The predicted octanol–water partition coefficient (Wildman–Crippen LogP) is 2.65. The Hall–Kier alpha value is -1.05. The van der Waals surface area contributed by atoms with Crippen LogP contribution < -0.4 is 4.74 Å². The van der Waals surface area contributed by atoms with Gasteiger partial charge < -0.3 is 4.74 Å². The van der Waals surface area contributed by atoms with E-state index in [4.69, 9.17) is 4.74 Å². The number of nitrogens with zero attached hydrogens (tertiary/aromatic N) is 1. The fourth-order valence-corrected chi connectivity index (χ4v) is 1.81. The monoisotopic (exact) mass is 177 g/mol. The molecule has 0 radical (unpaired) electrons. The lowest BCUT2D eigenvalue weighted by Crippen LogP contribution is -2.08. The van der Waals surface area contributed by atoms with Gasteiger partial charge in [0.25, 0.3) is 0 Å². The lowest BCUT2D eigenvalue weighted by Gasteiger charge is -2.09. The summed E-state index contributed by atoms with van der Waals surface area (Å²) in [6, 6.07) is 5.77. The zero-order chi connectivity index (χ0) is 8.93. The van der Waals surface area contributed by atoms with Crippen LogP contribution in [0.2, 0.25) is 0 Å². The third-order valence-corrected chi connectivity index (χ3v) is 2.58. The Morgan fingerprint density at radius 2 is 2.15 bits per heavy atom. The van der Waals surface area contributed by atoms with Crippen LogP contribution in [0.5, 0.6) is 5.88 Å². The number of hydrogen-bond donors (Lipinski definition) is 0. The minimum Gasteiger partial charge on any atom is -0.477 e. The van der Waals surface area contributed by atoms with Gasteiger partial charge in [-0.15, -0.1) is 0 Å². The van der Waals surface area contributed by atoms with E-state index in [-0.39, 0.29) is 0 Å². The molecule has 70 valence electrons. The molecule has 2 nitrogen and oxygen atoms in total. The van der Waals surface area contributed by atoms with E-state index in [1.807, 2.05) is 18.2 Å². The third kappa shape index (κ3) is 2.44. The summed E-state index contributed by atoms with van der Waals surface area (Å²) in [7, 11) is 0. The molecule has 1 fully saturated rings. The van der Waals surface area contributed by atoms with E-state index in [9.17, 15) is 0 Å². The number of ether oxygens (including phenoxy) is 1. The second kappa shape index (κ2) is 4.26. The Bertz CT molecular complexity index is 242. The molecule has 0 unspecified atom stereocenters. The fraction of sp³-hybridized carbons (Fsp3) is 0.545. The maximum Gasteiger partial charge on any atom is 0.213 e. The first-order valence-electron chi connectivity index (χ1n) is 4.99. The summed E-state index contributed by atoms with van der Waals surface area (Å²) < 4.78 is 5.58. The Balaban J connectivity index is 1.79. The molecule has 0 atom stereocenters. The second-order valence-corrected chi connectivity index (χ2v) is 3.63. The molecule has 0 saturated heterocycles. The van der Waals surface area contributed by atoms with Crippen molar-refractivity contribution in [1.82, 2.24) is 4.98 Å². The average molecular weight is 177 g/mol. The first kappa shape index (κ1) is 8.54. The van der Waals surface area contributed by atoms with Gasteiger partial charge in [-0.05, 0) is 24.8 Å². The molecule has 1 aliphatic rings. The van der Waals surface area contributed by atoms with Crippen LogP contribution in [-0.4, -0.2) is 11.6 Å². The summed E-state index contributed by atoms with van der Waals surface area (Å²) in [5, 5.41) is 0. The van der Waals surface area contributed by atoms with Crippen molar-refractivity contribution in [2.24, 2.45) is 5.92 Å². The maximum atomic E-state index is 5.58. The topological polar surface area (TPSA) is 22.1 Å². The lowest BCUT2D eigenvalue weighted by atomic mass is 10.1. The molecular formula is C11H15NO. The van der Waals surface area contributed by atoms with Crippen molar-refractivity contribution in [3.05, 3.63) is 24.4 Å². The molecule has 1 heterocycles. The van der Waals surface area contributed by atoms with E-state index in [1.54, 1.807) is 6.20 Å². The largest absolute Gasteiger partial charge is 0.477 e. The minimum absolute atomic E-state index is 0.759. The number of pyridine rings is 1. The molecule has 1 aromatic rings. The van der Waals surface area contributed by atoms with Crippen LogP contribution >= 0.6 is 0 Å². The predicted molar refractivity (Wildman–Crippen MR) is 51.7 cm³/mol. The van der Waals surface area contributed by atoms with Gasteiger partial charge in [-0.2, -0.15) is 0 Å². The Kier molecular flexibility index (Phi) is 2.80. The minimum atomic E-state index is 0.759. The number of rotatable bonds is 3. The van der Waals surface area contributed by atoms with Crippen molar-refractivity contribution >= 4 is 0 Å². The summed E-state index contributed by atoms with van der Waals surface area (Å²) >= 11 is 0. The second-order valence-electron chi connectivity index (χ2n) is 3.63. The zero-order valence-electron chi connectivity index (χ0n) is 7.78. The molecule has 1 saturated carbocycles. The van der Waals surface area contributed by atoms with Crippen LogP contribution in [0.1, 0.15) is 25.7 Å². The third-order valence-electron chi connectivity index (χ3n) is 2.58. The van der Waals surface area contributed by atoms with E-state index in [0.717, 1.165) is 18.4 Å². The van der Waals surface area contributed by atoms with Gasteiger partial charge in [0.2, 0.25) is 5.88 Å². The highest BCUT2D eigenvalue weighted by Gasteiger charge is 2.15. The van der Waals surface area contributed by atoms with Gasteiger partial charge in [-0.1, -0.05) is 18.9 Å². The van der Waals surface area contributed by atoms with Crippen molar-refractivity contribution in [3.63, 3.8) is 0 Å². The van der Waals surface area contributed by atoms with Crippen LogP contribution in [0.4, 0.5) is 0 Å². The number of aromatic nitrogens is 1. The van der Waals surface area contributed by atoms with E-state index < -0.39 is 0 Å². The molecule has 2 rings (SSSR count). The Labute approximate surface area is 78.9 Å². The van der Waals surface area contributed by atoms with Crippen LogP contribution in [0.15, 0.2) is 24.4 Å². The lowest BCUT2D eigenvalue weighted by molar-refractivity contribution is 0.243. The fourth-order valence-electron chi connectivity index (χ4n) is 1.81. The van der Waals surface area contributed by atoms with Gasteiger partial charge in [0.05, 0.1) is 6.61 Å². The molecular weight excluding hydrogens is 162 g/mol. The highest BCUT2D eigenvalue weighted by atomic mass is 16.5. The summed E-state index contributed by atoms with van der Waals surface area (Å²) in [5.41, 5.74) is 0. The van der Waals surface area contributed by atoms with E-state index in [0.29, 0.717) is 0 Å². The van der Waals surface area contributed by atoms with Gasteiger partial charge >= 0.3 is 0 Å². The van der Waals surface area contributed by atoms with Crippen LogP contribution in [0.25, 0.3) is 0 Å². The van der Waals surface area contributed by atoms with Crippen molar-refractivity contribution < 1.29 is 4.74 Å². The van der Waals surface area contributed by atoms with E-state index >= 15 is 0 Å². The molecule has 2 heteroatoms. The number of hydrogen-bond acceptors (Lipinski definition) is 2. The summed E-state index contributed by atoms with van der Waals surface area (Å²) in [6.07, 6.45) is 7.16. The van der Waals surface area contributed by atoms with E-state index in [1.165, 1.54) is 25.7 Å². The van der Waals surface area contributed by atoms with Crippen molar-refractivity contribution in [2.45, 2.75) is 25.7 Å². The van der Waals surface area contributed by atoms with E-state index in [2.05, 4.69) is 4.98 Å². The molecule has 0 aromatic carbocycles. The molecule has 0 spiro atoms. The van der Waals surface area contributed by atoms with Gasteiger partial charge in [-0.25, -0.2) is 4.98 Å². The standard InChI is InChI=1S/C11H15NO/c1-2-6-10(5-1)9-13-11-7-3-4-8-12-11/h3-4,7-8,10H,1-2,5-6,9H2. The summed E-state index contributed by atoms with van der Waals surface area (Å²) in [6.45, 7) is 0.844. The van der Waals surface area contributed by atoms with Crippen molar-refractivity contribution in [2.75, 3.05) is 6.61 Å². The normalized spacial score (nSPS) is 17.5. The molecule has 0 aliphatic heterocycles. The van der Waals surface area contributed by atoms with Gasteiger partial charge in [-0.3, -0.25) is 0 Å². The molecule has 0 bridgehead atoms. The van der Waals surface area contributed by atoms with Gasteiger partial charge in [0.1, 0.15) is 0 Å². The van der Waals surface area contributed by atoms with Crippen molar-refractivity contribution in [3.8, 4) is 5.88 Å². The maximum absolute atomic E-state index is 5.58. The van der Waals surface area contributed by atoms with Crippen molar-refractivity contribution in [1.29, 1.82) is 0 Å². The summed E-state index contributed by atoms with van der Waals surface area (Å²) in [4.78, 5) is 4.12. The molecule has 1 aromatic heterocycles. The van der Waals surface area contributed by atoms with Gasteiger partial charge in [0, 0.05) is 12.3 Å². The Morgan fingerprint density at radius 1 is 1.31 bits per heavy atom. The van der Waals surface area contributed by atoms with Crippen LogP contribution in [0, 0.1) is 5.92 Å². The Morgan fingerprint density at radius 3 is 2.85 bits per heavy atom. The first-order valence-corrected chi connectivity index (χ1v) is 4.99. The molecule has 1 aliphatic carbocycles.